The van der Waals surface area contributed by atoms with Crippen molar-refractivity contribution in [3.8, 4) is 28.5 Å². The highest BCUT2D eigenvalue weighted by Gasteiger charge is 2.25. The summed E-state index contributed by atoms with van der Waals surface area (Å²) in [5, 5.41) is 19.9. The van der Waals surface area contributed by atoms with E-state index >= 15 is 0 Å². The minimum atomic E-state index is -0.600. The first-order chi connectivity index (χ1) is 17.4. The van der Waals surface area contributed by atoms with E-state index in [1.165, 1.54) is 18.2 Å². The first-order valence-electron chi connectivity index (χ1n) is 11.0. The first kappa shape index (κ1) is 25.0. The number of rotatable bonds is 7. The highest BCUT2D eigenvalue weighted by Crippen LogP contribution is 2.40. The Morgan fingerprint density at radius 1 is 0.944 bits per heavy atom. The van der Waals surface area contributed by atoms with Gasteiger partial charge >= 0.3 is 0 Å². The molecule has 2 aromatic carbocycles. The molecule has 0 spiro atoms. The molecule has 0 N–H and O–H groups in total. The third kappa shape index (κ3) is 4.96. The number of amides is 1. The molecule has 1 aliphatic heterocycles. The van der Waals surface area contributed by atoms with E-state index in [1.807, 2.05) is 17.0 Å². The van der Waals surface area contributed by atoms with Crippen molar-refractivity contribution in [1.29, 1.82) is 0 Å². The minimum absolute atomic E-state index is 0.00471. The number of anilines is 1. The molecule has 0 radical (unpaired) electrons. The van der Waals surface area contributed by atoms with Gasteiger partial charge < -0.3 is 24.0 Å². The molecule has 0 unspecified atom stereocenters. The number of carbonyl (C=O) groups is 1. The van der Waals surface area contributed by atoms with Crippen molar-refractivity contribution >= 4 is 29.0 Å². The van der Waals surface area contributed by atoms with Gasteiger partial charge in [-0.15, -0.1) is 10.2 Å². The number of ether oxygens (including phenoxy) is 3. The zero-order valence-electron chi connectivity index (χ0n) is 19.9. The van der Waals surface area contributed by atoms with Crippen LogP contribution >= 0.6 is 11.6 Å². The molecule has 0 aliphatic carbocycles. The number of aromatic nitrogens is 2. The van der Waals surface area contributed by atoms with Gasteiger partial charge in [0.05, 0.1) is 31.9 Å². The van der Waals surface area contributed by atoms with Gasteiger partial charge in [-0.2, -0.15) is 0 Å². The van der Waals surface area contributed by atoms with Crippen LogP contribution in [0.5, 0.6) is 17.2 Å². The van der Waals surface area contributed by atoms with Gasteiger partial charge in [0.1, 0.15) is 5.02 Å². The standard InChI is InChI=1S/C24H24ClN5O6/c1-34-20-13-16(14-21(35-2)23(20)36-3)18-6-7-22(27-26-18)28-8-10-29(11-9-28)24(31)15-4-5-17(25)19(12-15)30(32)33/h4-7,12-14H,8-11H2,1-3H3. The van der Waals surface area contributed by atoms with Crippen molar-refractivity contribution < 1.29 is 23.9 Å². The SMILES string of the molecule is COc1cc(-c2ccc(N3CCN(C(=O)c4ccc(Cl)c([N+](=O)[O-])c4)CC3)nn2)cc(OC)c1OC. The average molecular weight is 514 g/mol. The summed E-state index contributed by atoms with van der Waals surface area (Å²) in [6.45, 7) is 1.95. The van der Waals surface area contributed by atoms with Gasteiger partial charge in [0, 0.05) is 43.4 Å². The quantitative estimate of drug-likeness (QED) is 0.344. The largest absolute Gasteiger partial charge is 0.493 e. The Morgan fingerprint density at radius 3 is 2.14 bits per heavy atom. The summed E-state index contributed by atoms with van der Waals surface area (Å²) in [4.78, 5) is 27.1. The van der Waals surface area contributed by atoms with Crippen molar-refractivity contribution in [1.82, 2.24) is 15.1 Å². The van der Waals surface area contributed by atoms with Crippen LogP contribution in [0.25, 0.3) is 11.3 Å². The van der Waals surface area contributed by atoms with Crippen LogP contribution in [-0.2, 0) is 0 Å². The van der Waals surface area contributed by atoms with Crippen molar-refractivity contribution in [3.63, 3.8) is 0 Å². The van der Waals surface area contributed by atoms with E-state index < -0.39 is 4.92 Å². The fourth-order valence-corrected chi connectivity index (χ4v) is 4.17. The van der Waals surface area contributed by atoms with Crippen LogP contribution in [0.2, 0.25) is 5.02 Å². The highest BCUT2D eigenvalue weighted by atomic mass is 35.5. The Labute approximate surface area is 212 Å². The summed E-state index contributed by atoms with van der Waals surface area (Å²) < 4.78 is 16.2. The summed E-state index contributed by atoms with van der Waals surface area (Å²) in [6.07, 6.45) is 0. The van der Waals surface area contributed by atoms with Crippen LogP contribution in [0, 0.1) is 10.1 Å². The van der Waals surface area contributed by atoms with Gasteiger partial charge in [-0.05, 0) is 36.4 Å². The van der Waals surface area contributed by atoms with Crippen LogP contribution in [0.15, 0.2) is 42.5 Å². The third-order valence-corrected chi connectivity index (χ3v) is 6.21. The molecular weight excluding hydrogens is 490 g/mol. The smallest absolute Gasteiger partial charge is 0.288 e. The fraction of sp³-hybridized carbons (Fsp3) is 0.292. The van der Waals surface area contributed by atoms with E-state index in [-0.39, 0.29) is 22.2 Å². The molecule has 36 heavy (non-hydrogen) atoms. The van der Waals surface area contributed by atoms with Gasteiger partial charge in [-0.3, -0.25) is 14.9 Å². The molecule has 1 aromatic heterocycles. The molecule has 1 fully saturated rings. The molecule has 0 bridgehead atoms. The highest BCUT2D eigenvalue weighted by molar-refractivity contribution is 6.32. The zero-order chi connectivity index (χ0) is 25.8. The normalized spacial score (nSPS) is 13.3. The Balaban J connectivity index is 1.44. The average Bonchev–Trinajstić information content (AvgIpc) is 2.92. The number of piperazine rings is 1. The molecule has 2 heterocycles. The molecule has 12 heteroatoms. The van der Waals surface area contributed by atoms with Crippen LogP contribution in [0.4, 0.5) is 11.5 Å². The van der Waals surface area contributed by atoms with Gasteiger partial charge in [-0.25, -0.2) is 0 Å². The van der Waals surface area contributed by atoms with Gasteiger partial charge in [0.15, 0.2) is 17.3 Å². The van der Waals surface area contributed by atoms with Gasteiger partial charge in [-0.1, -0.05) is 11.6 Å². The summed E-state index contributed by atoms with van der Waals surface area (Å²) in [6, 6.07) is 11.4. The maximum absolute atomic E-state index is 12.9. The molecule has 0 saturated carbocycles. The van der Waals surface area contributed by atoms with Crippen LogP contribution in [0.1, 0.15) is 10.4 Å². The second kappa shape index (κ2) is 10.6. The van der Waals surface area contributed by atoms with Crippen molar-refractivity contribution in [2.45, 2.75) is 0 Å². The summed E-state index contributed by atoms with van der Waals surface area (Å²) in [7, 11) is 4.64. The lowest BCUT2D eigenvalue weighted by atomic mass is 10.1. The zero-order valence-corrected chi connectivity index (χ0v) is 20.7. The monoisotopic (exact) mass is 513 g/mol. The van der Waals surface area contributed by atoms with Crippen molar-refractivity contribution in [2.75, 3.05) is 52.4 Å². The van der Waals surface area contributed by atoms with Gasteiger partial charge in [0.2, 0.25) is 5.75 Å². The predicted octanol–water partition coefficient (Wildman–Crippen LogP) is 3.69. The molecule has 0 atom stereocenters. The third-order valence-electron chi connectivity index (χ3n) is 5.89. The number of carbonyl (C=O) groups excluding carboxylic acids is 1. The fourth-order valence-electron chi connectivity index (χ4n) is 3.98. The summed E-state index contributed by atoms with van der Waals surface area (Å²) >= 11 is 5.86. The van der Waals surface area contributed by atoms with Crippen LogP contribution < -0.4 is 19.1 Å². The van der Waals surface area contributed by atoms with E-state index in [0.29, 0.717) is 54.9 Å². The maximum Gasteiger partial charge on any atom is 0.288 e. The Bertz CT molecular complexity index is 1250. The lowest BCUT2D eigenvalue weighted by Crippen LogP contribution is -2.49. The molecule has 1 saturated heterocycles. The first-order valence-corrected chi connectivity index (χ1v) is 11.4. The van der Waals surface area contributed by atoms with E-state index in [0.717, 1.165) is 5.56 Å². The lowest BCUT2D eigenvalue weighted by molar-refractivity contribution is -0.384. The second-order valence-corrected chi connectivity index (χ2v) is 8.30. The number of halogens is 1. The molecule has 1 amide bonds. The molecule has 1 aliphatic rings. The number of benzene rings is 2. The molecule has 188 valence electrons. The number of nitro benzene ring substituents is 1. The Kier molecular flexibility index (Phi) is 7.39. The minimum Gasteiger partial charge on any atom is -0.493 e. The summed E-state index contributed by atoms with van der Waals surface area (Å²) in [5.41, 5.74) is 1.34. The lowest BCUT2D eigenvalue weighted by Gasteiger charge is -2.35. The molecule has 4 rings (SSSR count). The number of nitrogens with zero attached hydrogens (tertiary/aromatic N) is 5. The van der Waals surface area contributed by atoms with Crippen LogP contribution in [0.3, 0.4) is 0 Å². The van der Waals surface area contributed by atoms with E-state index in [9.17, 15) is 14.9 Å². The number of hydrogen-bond acceptors (Lipinski definition) is 9. The molecular formula is C24H24ClN5O6. The van der Waals surface area contributed by atoms with Gasteiger partial charge in [0.25, 0.3) is 11.6 Å². The predicted molar refractivity (Wildman–Crippen MR) is 133 cm³/mol. The molecule has 11 nitrogen and oxygen atoms in total. The number of hydrogen-bond donors (Lipinski definition) is 0. The number of methoxy groups -OCH3 is 3. The van der Waals surface area contributed by atoms with E-state index in [4.69, 9.17) is 25.8 Å². The summed E-state index contributed by atoms with van der Waals surface area (Å²) in [5.74, 6) is 1.93. The Hall–Kier alpha value is -4.12. The van der Waals surface area contributed by atoms with E-state index in [2.05, 4.69) is 10.2 Å². The van der Waals surface area contributed by atoms with Crippen molar-refractivity contribution in [2.24, 2.45) is 0 Å². The topological polar surface area (TPSA) is 120 Å². The van der Waals surface area contributed by atoms with Crippen molar-refractivity contribution in [3.05, 3.63) is 63.2 Å². The van der Waals surface area contributed by atoms with E-state index in [1.54, 1.807) is 38.4 Å². The Morgan fingerprint density at radius 2 is 1.61 bits per heavy atom. The maximum atomic E-state index is 12.9. The second-order valence-electron chi connectivity index (χ2n) is 7.89. The van der Waals surface area contributed by atoms with Crippen LogP contribution in [-0.4, -0.2) is 73.4 Å². The number of nitro groups is 1. The molecule has 3 aromatic rings.